The van der Waals surface area contributed by atoms with Crippen LogP contribution < -0.4 is 5.73 Å². The molecule has 2 amide bonds. The molecule has 3 aromatic rings. The highest BCUT2D eigenvalue weighted by Gasteiger charge is 2.44. The van der Waals surface area contributed by atoms with Gasteiger partial charge >= 0.3 is 0 Å². The van der Waals surface area contributed by atoms with Crippen molar-refractivity contribution in [3.63, 3.8) is 0 Å². The van der Waals surface area contributed by atoms with Crippen LogP contribution in [-0.2, 0) is 32.5 Å². The van der Waals surface area contributed by atoms with Crippen molar-refractivity contribution >= 4 is 33.2 Å². The van der Waals surface area contributed by atoms with E-state index < -0.39 is 33.9 Å². The van der Waals surface area contributed by atoms with Crippen molar-refractivity contribution in [3.05, 3.63) is 82.3 Å². The van der Waals surface area contributed by atoms with Crippen LogP contribution in [0.3, 0.4) is 0 Å². The zero-order valence-corrected chi connectivity index (χ0v) is 20.3. The summed E-state index contributed by atoms with van der Waals surface area (Å²) >= 11 is 1.39. The lowest BCUT2D eigenvalue weighted by Gasteiger charge is -2.42. The summed E-state index contributed by atoms with van der Waals surface area (Å²) in [5, 5.41) is 1.81. The summed E-state index contributed by atoms with van der Waals surface area (Å²) in [6.45, 7) is 2.00. The molecule has 8 nitrogen and oxygen atoms in total. The maximum absolute atomic E-state index is 13.7. The first-order valence-electron chi connectivity index (χ1n) is 10.9. The normalized spacial score (nSPS) is 18.1. The summed E-state index contributed by atoms with van der Waals surface area (Å²) in [7, 11) is -3.94. The lowest BCUT2D eigenvalue weighted by Crippen LogP contribution is -2.63. The Balaban J connectivity index is 1.69. The predicted molar refractivity (Wildman–Crippen MR) is 130 cm³/mol. The Bertz CT molecular complexity index is 1250. The molecule has 1 aliphatic rings. The molecule has 2 aromatic carbocycles. The van der Waals surface area contributed by atoms with E-state index in [1.807, 2.05) is 37.3 Å². The first-order valence-corrected chi connectivity index (χ1v) is 13.2. The Morgan fingerprint density at radius 2 is 1.85 bits per heavy atom. The quantitative estimate of drug-likeness (QED) is 0.510. The number of carbonyl (C=O) groups excluding carboxylic acids is 2. The molecule has 1 saturated heterocycles. The van der Waals surface area contributed by atoms with Gasteiger partial charge in [0.25, 0.3) is 0 Å². The van der Waals surface area contributed by atoms with E-state index in [2.05, 4.69) is 4.98 Å². The lowest BCUT2D eigenvalue weighted by atomic mass is 10.0. The Morgan fingerprint density at radius 1 is 1.15 bits per heavy atom. The Kier molecular flexibility index (Phi) is 7.11. The third-order valence-corrected chi connectivity index (χ3v) is 8.52. The summed E-state index contributed by atoms with van der Waals surface area (Å²) in [4.78, 5) is 31.8. The average Bonchev–Trinajstić information content (AvgIpc) is 3.33. The summed E-state index contributed by atoms with van der Waals surface area (Å²) in [5.74, 6) is -1.08. The molecular formula is C24H26N4O4S2. The number of amides is 2. The molecule has 2 heterocycles. The largest absolute Gasteiger partial charge is 0.368 e. The van der Waals surface area contributed by atoms with Gasteiger partial charge < -0.3 is 10.6 Å². The van der Waals surface area contributed by atoms with Crippen LogP contribution in [0.2, 0.25) is 0 Å². The van der Waals surface area contributed by atoms with Crippen molar-refractivity contribution in [2.75, 3.05) is 13.1 Å². The third-order valence-electron chi connectivity index (χ3n) is 5.97. The first-order chi connectivity index (χ1) is 16.3. The molecule has 0 bridgehead atoms. The SMILES string of the molecule is Cc1ccc(S(=O)(=O)N2CCN(C(Cc3cscn3)C(N)=O)C(=O)[C@H]2Cc2ccccc2)cc1. The molecule has 1 aromatic heterocycles. The maximum atomic E-state index is 13.7. The van der Waals surface area contributed by atoms with E-state index in [-0.39, 0.29) is 30.8 Å². The Labute approximate surface area is 203 Å². The number of nitrogens with two attached hydrogens (primary N) is 1. The number of benzene rings is 2. The van der Waals surface area contributed by atoms with Crippen LogP contribution in [0, 0.1) is 6.92 Å². The maximum Gasteiger partial charge on any atom is 0.243 e. The van der Waals surface area contributed by atoms with Crippen molar-refractivity contribution < 1.29 is 18.0 Å². The summed E-state index contributed by atoms with van der Waals surface area (Å²) in [5.41, 5.74) is 9.75. The monoisotopic (exact) mass is 498 g/mol. The van der Waals surface area contributed by atoms with Gasteiger partial charge in [0.1, 0.15) is 12.1 Å². The standard InChI is InChI=1S/C24H26N4O4S2/c1-17-7-9-20(10-8-17)34(31,32)28-12-11-27(21(23(25)29)14-19-15-33-16-26-19)24(30)22(28)13-18-5-3-2-4-6-18/h2-10,15-16,21-22H,11-14H2,1H3,(H2,25,29)/t21?,22-/m1/s1. The number of sulfonamides is 1. The molecule has 1 fully saturated rings. The molecule has 1 aliphatic heterocycles. The molecule has 178 valence electrons. The number of hydrogen-bond acceptors (Lipinski definition) is 6. The number of thiazole rings is 1. The van der Waals surface area contributed by atoms with Crippen molar-refractivity contribution in [1.82, 2.24) is 14.2 Å². The van der Waals surface area contributed by atoms with Crippen molar-refractivity contribution in [2.24, 2.45) is 5.73 Å². The van der Waals surface area contributed by atoms with E-state index in [4.69, 9.17) is 5.73 Å². The van der Waals surface area contributed by atoms with Gasteiger partial charge in [0, 0.05) is 24.9 Å². The number of primary amides is 1. The number of aryl methyl sites for hydroxylation is 1. The van der Waals surface area contributed by atoms with Crippen LogP contribution in [0.15, 0.2) is 70.4 Å². The van der Waals surface area contributed by atoms with Crippen LogP contribution in [0.4, 0.5) is 0 Å². The minimum absolute atomic E-state index is 0.0558. The third kappa shape index (κ3) is 5.03. The highest BCUT2D eigenvalue weighted by atomic mass is 32.2. The number of aromatic nitrogens is 1. The fourth-order valence-corrected chi connectivity index (χ4v) is 6.30. The summed E-state index contributed by atoms with van der Waals surface area (Å²) in [6, 6.07) is 13.9. The molecule has 0 spiro atoms. The van der Waals surface area contributed by atoms with E-state index in [0.717, 1.165) is 11.1 Å². The number of rotatable bonds is 8. The summed E-state index contributed by atoms with van der Waals surface area (Å²) < 4.78 is 28.4. The molecule has 0 saturated carbocycles. The van der Waals surface area contributed by atoms with Crippen LogP contribution in [0.25, 0.3) is 0 Å². The Hall–Kier alpha value is -3.08. The number of carbonyl (C=O) groups is 2. The van der Waals surface area contributed by atoms with Gasteiger partial charge in [-0.05, 0) is 31.0 Å². The van der Waals surface area contributed by atoms with E-state index >= 15 is 0 Å². The second-order valence-corrected chi connectivity index (χ2v) is 10.9. The Morgan fingerprint density at radius 3 is 2.47 bits per heavy atom. The van der Waals surface area contributed by atoms with Gasteiger partial charge in [0.2, 0.25) is 21.8 Å². The van der Waals surface area contributed by atoms with E-state index in [1.165, 1.54) is 20.5 Å². The van der Waals surface area contributed by atoms with Crippen LogP contribution in [0.5, 0.6) is 0 Å². The van der Waals surface area contributed by atoms with E-state index in [0.29, 0.717) is 5.69 Å². The van der Waals surface area contributed by atoms with Gasteiger partial charge in [0.15, 0.2) is 0 Å². The topological polar surface area (TPSA) is 114 Å². The van der Waals surface area contributed by atoms with Crippen LogP contribution in [-0.4, -0.2) is 59.6 Å². The molecule has 10 heteroatoms. The number of hydrogen-bond donors (Lipinski definition) is 1. The van der Waals surface area contributed by atoms with Crippen molar-refractivity contribution in [3.8, 4) is 0 Å². The zero-order valence-electron chi connectivity index (χ0n) is 18.7. The fraction of sp³-hybridized carbons (Fsp3) is 0.292. The molecule has 0 radical (unpaired) electrons. The van der Waals surface area contributed by atoms with Gasteiger partial charge in [-0.2, -0.15) is 4.31 Å². The first kappa shape index (κ1) is 24.1. The molecule has 2 N–H and O–H groups in total. The molecule has 34 heavy (non-hydrogen) atoms. The van der Waals surface area contributed by atoms with Gasteiger partial charge in [-0.1, -0.05) is 48.0 Å². The molecule has 0 aliphatic carbocycles. The fourth-order valence-electron chi connectivity index (χ4n) is 4.16. The van der Waals surface area contributed by atoms with Crippen LogP contribution >= 0.6 is 11.3 Å². The van der Waals surface area contributed by atoms with E-state index in [1.54, 1.807) is 35.2 Å². The number of piperazine rings is 1. The average molecular weight is 499 g/mol. The molecule has 4 rings (SSSR count). The second kappa shape index (κ2) is 10.0. The number of nitrogens with zero attached hydrogens (tertiary/aromatic N) is 3. The van der Waals surface area contributed by atoms with Gasteiger partial charge in [0.05, 0.1) is 16.1 Å². The summed E-state index contributed by atoms with van der Waals surface area (Å²) in [6.07, 6.45) is 0.372. The van der Waals surface area contributed by atoms with E-state index in [9.17, 15) is 18.0 Å². The van der Waals surface area contributed by atoms with Crippen LogP contribution in [0.1, 0.15) is 16.8 Å². The highest BCUT2D eigenvalue weighted by Crippen LogP contribution is 2.26. The molecule has 2 atom stereocenters. The van der Waals surface area contributed by atoms with Gasteiger partial charge in [-0.15, -0.1) is 11.3 Å². The van der Waals surface area contributed by atoms with Crippen molar-refractivity contribution in [2.45, 2.75) is 36.7 Å². The minimum Gasteiger partial charge on any atom is -0.368 e. The van der Waals surface area contributed by atoms with Gasteiger partial charge in [-0.3, -0.25) is 9.59 Å². The second-order valence-electron chi connectivity index (χ2n) is 8.27. The van der Waals surface area contributed by atoms with Gasteiger partial charge in [-0.25, -0.2) is 13.4 Å². The lowest BCUT2D eigenvalue weighted by molar-refractivity contribution is -0.146. The predicted octanol–water partition coefficient (Wildman–Crippen LogP) is 1.99. The van der Waals surface area contributed by atoms with Crippen molar-refractivity contribution in [1.29, 1.82) is 0 Å². The highest BCUT2D eigenvalue weighted by molar-refractivity contribution is 7.89. The zero-order chi connectivity index (χ0) is 24.3. The molecule has 1 unspecified atom stereocenters. The minimum atomic E-state index is -3.94. The molecular weight excluding hydrogens is 472 g/mol. The smallest absolute Gasteiger partial charge is 0.243 e.